The normalized spacial score (nSPS) is 22.5. The molecule has 4 nitrogen and oxygen atoms in total. The van der Waals surface area contributed by atoms with Gasteiger partial charge in [-0.2, -0.15) is 13.2 Å². The lowest BCUT2D eigenvalue weighted by Gasteiger charge is -2.20. The summed E-state index contributed by atoms with van der Waals surface area (Å²) in [6.07, 6.45) is -2.66. The van der Waals surface area contributed by atoms with Crippen molar-refractivity contribution in [3.05, 3.63) is 0 Å². The maximum atomic E-state index is 11.7. The number of halogens is 3. The van der Waals surface area contributed by atoms with Crippen LogP contribution in [0.3, 0.4) is 0 Å². The molecule has 1 amide bonds. The molecule has 0 aromatic rings. The monoisotopic (exact) mass is 255 g/mol. The molecular formula is C10H16F3NO3. The van der Waals surface area contributed by atoms with E-state index in [-0.39, 0.29) is 12.1 Å². The lowest BCUT2D eigenvalue weighted by Crippen LogP contribution is -2.42. The largest absolute Gasteiger partial charge is 0.411 e. The van der Waals surface area contributed by atoms with Crippen LogP contribution in [0, 0.1) is 0 Å². The molecular weight excluding hydrogens is 239 g/mol. The lowest BCUT2D eigenvalue weighted by atomic mass is 10.1. The fourth-order valence-electron chi connectivity index (χ4n) is 1.64. The molecule has 1 heterocycles. The van der Waals surface area contributed by atoms with Gasteiger partial charge in [-0.15, -0.1) is 0 Å². The van der Waals surface area contributed by atoms with E-state index in [1.54, 1.807) is 6.92 Å². The summed E-state index contributed by atoms with van der Waals surface area (Å²) < 4.78 is 44.8. The quantitative estimate of drug-likeness (QED) is 0.804. The molecule has 1 N–H and O–H groups in total. The van der Waals surface area contributed by atoms with Crippen molar-refractivity contribution in [2.24, 2.45) is 0 Å². The van der Waals surface area contributed by atoms with Gasteiger partial charge in [-0.3, -0.25) is 4.79 Å². The Kier molecular flexibility index (Phi) is 5.20. The average Bonchev–Trinajstić information content (AvgIpc) is 2.67. The standard InChI is InChI=1S/C10H16F3NO3/c1-7(8-3-2-4-17-8)14-9(15)5-16-6-10(11,12)13/h7-8H,2-6H2,1H3,(H,14,15)/t7-,8-/m0/s1. The predicted octanol–water partition coefficient (Wildman–Crippen LogP) is 1.25. The minimum atomic E-state index is -4.40. The second-order valence-electron chi connectivity index (χ2n) is 4.02. The van der Waals surface area contributed by atoms with Crippen molar-refractivity contribution in [2.45, 2.75) is 38.1 Å². The number of ether oxygens (including phenoxy) is 2. The number of alkyl halides is 3. The smallest absolute Gasteiger partial charge is 0.376 e. The van der Waals surface area contributed by atoms with Crippen LogP contribution in [0.2, 0.25) is 0 Å². The first-order chi connectivity index (χ1) is 7.88. The zero-order chi connectivity index (χ0) is 12.9. The Hall–Kier alpha value is -0.820. The fraction of sp³-hybridized carbons (Fsp3) is 0.900. The SMILES string of the molecule is C[C@H](NC(=O)COCC(F)(F)F)[C@@H]1CCCO1. The van der Waals surface area contributed by atoms with Gasteiger partial charge in [0.25, 0.3) is 0 Å². The summed E-state index contributed by atoms with van der Waals surface area (Å²) in [5.74, 6) is -0.558. The Morgan fingerprint density at radius 2 is 2.29 bits per heavy atom. The second-order valence-corrected chi connectivity index (χ2v) is 4.02. The third kappa shape index (κ3) is 5.88. The van der Waals surface area contributed by atoms with Crippen LogP contribution in [0.15, 0.2) is 0 Å². The zero-order valence-corrected chi connectivity index (χ0v) is 9.55. The zero-order valence-electron chi connectivity index (χ0n) is 9.55. The molecule has 2 atom stereocenters. The average molecular weight is 255 g/mol. The van der Waals surface area contributed by atoms with Crippen molar-refractivity contribution in [2.75, 3.05) is 19.8 Å². The van der Waals surface area contributed by atoms with Crippen LogP contribution in [-0.4, -0.2) is 44.0 Å². The van der Waals surface area contributed by atoms with Crippen molar-refractivity contribution in [3.63, 3.8) is 0 Å². The van der Waals surface area contributed by atoms with Gasteiger partial charge in [-0.1, -0.05) is 0 Å². The highest BCUT2D eigenvalue weighted by Crippen LogP contribution is 2.16. The van der Waals surface area contributed by atoms with Crippen molar-refractivity contribution < 1.29 is 27.4 Å². The molecule has 1 fully saturated rings. The summed E-state index contributed by atoms with van der Waals surface area (Å²) in [5.41, 5.74) is 0. The van der Waals surface area contributed by atoms with Crippen molar-refractivity contribution >= 4 is 5.91 Å². The van der Waals surface area contributed by atoms with Crippen molar-refractivity contribution in [1.82, 2.24) is 5.32 Å². The Bertz CT molecular complexity index is 252. The molecule has 0 bridgehead atoms. The molecule has 17 heavy (non-hydrogen) atoms. The van der Waals surface area contributed by atoms with Gasteiger partial charge in [0.15, 0.2) is 0 Å². The number of carbonyl (C=O) groups excluding carboxylic acids is 1. The summed E-state index contributed by atoms with van der Waals surface area (Å²) in [6.45, 7) is 0.429. The first-order valence-electron chi connectivity index (χ1n) is 5.44. The van der Waals surface area contributed by atoms with Gasteiger partial charge in [0, 0.05) is 6.61 Å². The minimum Gasteiger partial charge on any atom is -0.376 e. The van der Waals surface area contributed by atoms with Gasteiger partial charge in [0.2, 0.25) is 5.91 Å². The first kappa shape index (κ1) is 14.2. The molecule has 0 radical (unpaired) electrons. The van der Waals surface area contributed by atoms with E-state index < -0.39 is 25.3 Å². The van der Waals surface area contributed by atoms with Gasteiger partial charge < -0.3 is 14.8 Å². The van der Waals surface area contributed by atoms with E-state index in [0.29, 0.717) is 6.61 Å². The lowest BCUT2D eigenvalue weighted by molar-refractivity contribution is -0.175. The maximum Gasteiger partial charge on any atom is 0.411 e. The summed E-state index contributed by atoms with van der Waals surface area (Å²) in [7, 11) is 0. The molecule has 0 unspecified atom stereocenters. The highest BCUT2D eigenvalue weighted by Gasteiger charge is 2.28. The number of rotatable bonds is 5. The van der Waals surface area contributed by atoms with Gasteiger partial charge in [0.1, 0.15) is 13.2 Å². The summed E-state index contributed by atoms with van der Waals surface area (Å²) >= 11 is 0. The number of hydrogen-bond acceptors (Lipinski definition) is 3. The Labute approximate surface area is 97.5 Å². The maximum absolute atomic E-state index is 11.7. The number of amides is 1. The van der Waals surface area contributed by atoms with Crippen LogP contribution < -0.4 is 5.32 Å². The minimum absolute atomic E-state index is 0.0541. The molecule has 0 aromatic carbocycles. The first-order valence-corrected chi connectivity index (χ1v) is 5.44. The summed E-state index contributed by atoms with van der Waals surface area (Å²) in [4.78, 5) is 11.2. The third-order valence-corrected chi connectivity index (χ3v) is 2.41. The molecule has 0 aromatic heterocycles. The van der Waals surface area contributed by atoms with Gasteiger partial charge >= 0.3 is 6.18 Å². The molecule has 100 valence electrons. The Balaban J connectivity index is 2.15. The highest BCUT2D eigenvalue weighted by atomic mass is 19.4. The molecule has 1 aliphatic rings. The van der Waals surface area contributed by atoms with Crippen LogP contribution in [0.25, 0.3) is 0 Å². The van der Waals surface area contributed by atoms with E-state index in [2.05, 4.69) is 10.1 Å². The highest BCUT2D eigenvalue weighted by molar-refractivity contribution is 5.77. The van der Waals surface area contributed by atoms with Crippen LogP contribution >= 0.6 is 0 Å². The van der Waals surface area contributed by atoms with E-state index in [1.807, 2.05) is 0 Å². The molecule has 1 aliphatic heterocycles. The molecule has 1 rings (SSSR count). The van der Waals surface area contributed by atoms with E-state index in [9.17, 15) is 18.0 Å². The van der Waals surface area contributed by atoms with E-state index in [0.717, 1.165) is 12.8 Å². The van der Waals surface area contributed by atoms with E-state index in [1.165, 1.54) is 0 Å². The molecule has 7 heteroatoms. The number of nitrogens with one attached hydrogen (secondary N) is 1. The molecule has 1 saturated heterocycles. The topological polar surface area (TPSA) is 47.6 Å². The predicted molar refractivity (Wildman–Crippen MR) is 53.5 cm³/mol. The van der Waals surface area contributed by atoms with Crippen molar-refractivity contribution in [1.29, 1.82) is 0 Å². The van der Waals surface area contributed by atoms with Gasteiger partial charge in [-0.25, -0.2) is 0 Å². The molecule has 0 aliphatic carbocycles. The van der Waals surface area contributed by atoms with Crippen LogP contribution in [0.1, 0.15) is 19.8 Å². The molecule has 0 spiro atoms. The Morgan fingerprint density at radius 1 is 1.59 bits per heavy atom. The van der Waals surface area contributed by atoms with Gasteiger partial charge in [-0.05, 0) is 19.8 Å². The van der Waals surface area contributed by atoms with Crippen molar-refractivity contribution in [3.8, 4) is 0 Å². The van der Waals surface area contributed by atoms with E-state index >= 15 is 0 Å². The Morgan fingerprint density at radius 3 is 2.82 bits per heavy atom. The van der Waals surface area contributed by atoms with E-state index in [4.69, 9.17) is 4.74 Å². The third-order valence-electron chi connectivity index (χ3n) is 2.41. The van der Waals surface area contributed by atoms with Crippen LogP contribution in [0.5, 0.6) is 0 Å². The molecule has 0 saturated carbocycles. The van der Waals surface area contributed by atoms with Gasteiger partial charge in [0.05, 0.1) is 12.1 Å². The number of carbonyl (C=O) groups is 1. The number of hydrogen-bond donors (Lipinski definition) is 1. The second kappa shape index (κ2) is 6.20. The van der Waals surface area contributed by atoms with Crippen LogP contribution in [-0.2, 0) is 14.3 Å². The fourth-order valence-corrected chi connectivity index (χ4v) is 1.64. The summed E-state index contributed by atoms with van der Waals surface area (Å²) in [5, 5.41) is 2.55. The summed E-state index contributed by atoms with van der Waals surface area (Å²) in [6, 6.07) is -0.209. The van der Waals surface area contributed by atoms with Crippen LogP contribution in [0.4, 0.5) is 13.2 Å².